The molecule has 2 aliphatic rings. The van der Waals surface area contributed by atoms with E-state index in [1.54, 1.807) is 0 Å². The maximum absolute atomic E-state index is 12.1. The molecule has 2 saturated carbocycles. The highest BCUT2D eigenvalue weighted by Crippen LogP contribution is 2.49. The number of amides is 1. The van der Waals surface area contributed by atoms with Crippen molar-refractivity contribution in [1.82, 2.24) is 5.32 Å². The van der Waals surface area contributed by atoms with E-state index in [0.717, 1.165) is 23.6 Å². The Morgan fingerprint density at radius 2 is 2.18 bits per heavy atom. The van der Waals surface area contributed by atoms with Crippen LogP contribution in [-0.2, 0) is 9.53 Å². The number of rotatable bonds is 8. The van der Waals surface area contributed by atoms with E-state index in [1.807, 2.05) is 24.3 Å². The summed E-state index contributed by atoms with van der Waals surface area (Å²) in [6.07, 6.45) is 2.65. The molecule has 2 fully saturated rings. The van der Waals surface area contributed by atoms with Gasteiger partial charge >= 0.3 is 0 Å². The normalized spacial score (nSPS) is 24.8. The van der Waals surface area contributed by atoms with Crippen molar-refractivity contribution in [3.8, 4) is 0 Å². The average molecular weight is 324 g/mol. The number of halogens is 1. The molecule has 0 bridgehead atoms. The minimum atomic E-state index is -0.639. The number of carbonyl (C=O) groups excluding carboxylic acids is 1. The predicted octanol–water partition coefficient (Wildman–Crippen LogP) is 2.35. The molecule has 0 heterocycles. The van der Waals surface area contributed by atoms with Crippen molar-refractivity contribution >= 4 is 17.5 Å². The lowest BCUT2D eigenvalue weighted by Crippen LogP contribution is -2.35. The zero-order valence-electron chi connectivity index (χ0n) is 12.5. The Morgan fingerprint density at radius 1 is 1.41 bits per heavy atom. The Hall–Kier alpha value is -1.10. The van der Waals surface area contributed by atoms with Crippen molar-refractivity contribution in [1.29, 1.82) is 0 Å². The van der Waals surface area contributed by atoms with E-state index in [4.69, 9.17) is 16.3 Å². The molecule has 0 saturated heterocycles. The number of hydrogen-bond donors (Lipinski definition) is 2. The SMILES string of the molecule is O=C(NCC(O)COCC1CC1)C1CC1c1ccccc1Cl. The topological polar surface area (TPSA) is 58.6 Å². The van der Waals surface area contributed by atoms with Crippen molar-refractivity contribution < 1.29 is 14.6 Å². The summed E-state index contributed by atoms with van der Waals surface area (Å²) in [4.78, 5) is 12.1. The molecule has 0 aromatic heterocycles. The summed E-state index contributed by atoms with van der Waals surface area (Å²) in [7, 11) is 0. The summed E-state index contributed by atoms with van der Waals surface area (Å²) < 4.78 is 5.42. The fourth-order valence-electron chi connectivity index (χ4n) is 2.67. The Labute approximate surface area is 135 Å². The van der Waals surface area contributed by atoms with E-state index in [2.05, 4.69) is 5.32 Å². The number of aliphatic hydroxyl groups is 1. The van der Waals surface area contributed by atoms with Crippen molar-refractivity contribution in [3.05, 3.63) is 34.9 Å². The maximum atomic E-state index is 12.1. The molecule has 1 amide bonds. The summed E-state index contributed by atoms with van der Waals surface area (Å²) in [5.41, 5.74) is 1.04. The second kappa shape index (κ2) is 6.99. The van der Waals surface area contributed by atoms with Gasteiger partial charge in [-0.1, -0.05) is 29.8 Å². The molecule has 1 aromatic rings. The van der Waals surface area contributed by atoms with Crippen molar-refractivity contribution in [3.63, 3.8) is 0 Å². The molecule has 22 heavy (non-hydrogen) atoms. The van der Waals surface area contributed by atoms with Gasteiger partial charge in [0.15, 0.2) is 0 Å². The molecule has 5 heteroatoms. The monoisotopic (exact) mass is 323 g/mol. The lowest BCUT2D eigenvalue weighted by molar-refractivity contribution is -0.123. The second-order valence-corrected chi connectivity index (χ2v) is 6.76. The highest BCUT2D eigenvalue weighted by Gasteiger charge is 2.44. The maximum Gasteiger partial charge on any atom is 0.223 e. The standard InChI is InChI=1S/C17H22ClNO3/c18-16-4-2-1-3-13(16)14-7-15(14)17(21)19-8-12(20)10-22-9-11-5-6-11/h1-4,11-12,14-15,20H,5-10H2,(H,19,21). The minimum absolute atomic E-state index is 0.00818. The first-order chi connectivity index (χ1) is 10.6. The minimum Gasteiger partial charge on any atom is -0.389 e. The first-order valence-electron chi connectivity index (χ1n) is 7.93. The van der Waals surface area contributed by atoms with Crippen LogP contribution in [0.3, 0.4) is 0 Å². The van der Waals surface area contributed by atoms with Crippen molar-refractivity contribution in [2.75, 3.05) is 19.8 Å². The molecule has 0 aliphatic heterocycles. The number of carbonyl (C=O) groups is 1. The molecule has 2 N–H and O–H groups in total. The molecule has 2 aliphatic carbocycles. The van der Waals surface area contributed by atoms with Gasteiger partial charge in [-0.05, 0) is 42.7 Å². The average Bonchev–Trinajstić information content (AvgIpc) is 3.39. The van der Waals surface area contributed by atoms with Gasteiger partial charge in [0.05, 0.1) is 12.7 Å². The van der Waals surface area contributed by atoms with Gasteiger partial charge in [-0.15, -0.1) is 0 Å². The van der Waals surface area contributed by atoms with Gasteiger partial charge in [0.2, 0.25) is 5.91 Å². The third kappa shape index (κ3) is 4.22. The van der Waals surface area contributed by atoms with E-state index >= 15 is 0 Å². The smallest absolute Gasteiger partial charge is 0.223 e. The third-order valence-electron chi connectivity index (χ3n) is 4.30. The van der Waals surface area contributed by atoms with Gasteiger partial charge in [0.25, 0.3) is 0 Å². The van der Waals surface area contributed by atoms with Crippen LogP contribution in [0, 0.1) is 11.8 Å². The van der Waals surface area contributed by atoms with Crippen LogP contribution in [0.1, 0.15) is 30.7 Å². The number of benzene rings is 1. The molecular weight excluding hydrogens is 302 g/mol. The lowest BCUT2D eigenvalue weighted by atomic mass is 10.1. The molecule has 120 valence electrons. The Kier molecular flexibility index (Phi) is 5.01. The number of ether oxygens (including phenoxy) is 1. The highest BCUT2D eigenvalue weighted by molar-refractivity contribution is 6.31. The van der Waals surface area contributed by atoms with Crippen molar-refractivity contribution in [2.45, 2.75) is 31.3 Å². The van der Waals surface area contributed by atoms with Crippen LogP contribution >= 0.6 is 11.6 Å². The highest BCUT2D eigenvalue weighted by atomic mass is 35.5. The Morgan fingerprint density at radius 3 is 2.91 bits per heavy atom. The molecule has 0 radical (unpaired) electrons. The molecule has 0 spiro atoms. The zero-order chi connectivity index (χ0) is 15.5. The molecule has 1 aromatic carbocycles. The van der Waals surface area contributed by atoms with Crippen LogP contribution in [0.25, 0.3) is 0 Å². The third-order valence-corrected chi connectivity index (χ3v) is 4.65. The van der Waals surface area contributed by atoms with Crippen LogP contribution in [-0.4, -0.2) is 36.9 Å². The molecule has 3 atom stereocenters. The summed E-state index contributed by atoms with van der Waals surface area (Å²) in [5.74, 6) is 0.854. The van der Waals surface area contributed by atoms with Gasteiger partial charge in [-0.2, -0.15) is 0 Å². The zero-order valence-corrected chi connectivity index (χ0v) is 13.3. The predicted molar refractivity (Wildman–Crippen MR) is 84.9 cm³/mol. The molecular formula is C17H22ClNO3. The lowest BCUT2D eigenvalue weighted by Gasteiger charge is -2.12. The summed E-state index contributed by atoms with van der Waals surface area (Å²) in [6.45, 7) is 1.26. The molecule has 4 nitrogen and oxygen atoms in total. The van der Waals surface area contributed by atoms with Crippen molar-refractivity contribution in [2.24, 2.45) is 11.8 Å². The quantitative estimate of drug-likeness (QED) is 0.772. The summed E-state index contributed by atoms with van der Waals surface area (Å²) >= 11 is 6.16. The molecule has 3 unspecified atom stereocenters. The van der Waals surface area contributed by atoms with Gasteiger partial charge in [0, 0.05) is 24.1 Å². The van der Waals surface area contributed by atoms with Crippen LogP contribution in [0.5, 0.6) is 0 Å². The largest absolute Gasteiger partial charge is 0.389 e. The van der Waals surface area contributed by atoms with Gasteiger partial charge < -0.3 is 15.2 Å². The fourth-order valence-corrected chi connectivity index (χ4v) is 2.94. The van der Waals surface area contributed by atoms with Gasteiger partial charge in [0.1, 0.15) is 0 Å². The summed E-state index contributed by atoms with van der Waals surface area (Å²) in [6, 6.07) is 7.66. The van der Waals surface area contributed by atoms with Gasteiger partial charge in [-0.25, -0.2) is 0 Å². The van der Waals surface area contributed by atoms with E-state index in [-0.39, 0.29) is 30.9 Å². The van der Waals surface area contributed by atoms with E-state index in [9.17, 15) is 9.90 Å². The first kappa shape index (κ1) is 15.8. The van der Waals surface area contributed by atoms with E-state index < -0.39 is 6.10 Å². The van der Waals surface area contributed by atoms with E-state index in [1.165, 1.54) is 12.8 Å². The Balaban J connectivity index is 1.37. The van der Waals surface area contributed by atoms with E-state index in [0.29, 0.717) is 5.92 Å². The number of hydrogen-bond acceptors (Lipinski definition) is 3. The van der Waals surface area contributed by atoms with Crippen LogP contribution in [0.15, 0.2) is 24.3 Å². The number of nitrogens with one attached hydrogen (secondary N) is 1. The number of aliphatic hydroxyl groups excluding tert-OH is 1. The van der Waals surface area contributed by atoms with Crippen LogP contribution in [0.2, 0.25) is 5.02 Å². The van der Waals surface area contributed by atoms with Crippen LogP contribution < -0.4 is 5.32 Å². The molecule has 3 rings (SSSR count). The Bertz CT molecular complexity index is 532. The summed E-state index contributed by atoms with van der Waals surface area (Å²) in [5, 5.41) is 13.3. The van der Waals surface area contributed by atoms with Crippen LogP contribution in [0.4, 0.5) is 0 Å². The second-order valence-electron chi connectivity index (χ2n) is 6.35. The first-order valence-corrected chi connectivity index (χ1v) is 8.31. The van der Waals surface area contributed by atoms with Gasteiger partial charge in [-0.3, -0.25) is 4.79 Å². The fraction of sp³-hybridized carbons (Fsp3) is 0.588.